The normalized spacial score (nSPS) is 16.6. The minimum absolute atomic E-state index is 0.0719. The second-order valence-electron chi connectivity index (χ2n) is 9.27. The Hall–Kier alpha value is -4.16. The zero-order valence-corrected chi connectivity index (χ0v) is 22.3. The van der Waals surface area contributed by atoms with Crippen molar-refractivity contribution in [1.29, 1.82) is 5.41 Å². The monoisotopic (exact) mass is 569 g/mol. The Balaban J connectivity index is 1.51. The average molecular weight is 570 g/mol. The molecule has 210 valence electrons. The molecule has 2 atom stereocenters. The lowest BCUT2D eigenvalue weighted by Gasteiger charge is -2.24. The number of nitrogens with two attached hydrogens (primary N) is 1. The summed E-state index contributed by atoms with van der Waals surface area (Å²) in [6.07, 6.45) is -0.594. The van der Waals surface area contributed by atoms with E-state index in [-0.39, 0.29) is 38.3 Å². The number of carbonyl (C=O) groups is 3. The highest BCUT2D eigenvalue weighted by molar-refractivity contribution is 7.10. The summed E-state index contributed by atoms with van der Waals surface area (Å²) in [5.41, 5.74) is 9.27. The van der Waals surface area contributed by atoms with Gasteiger partial charge in [-0.15, -0.1) is 11.3 Å². The van der Waals surface area contributed by atoms with E-state index in [1.165, 1.54) is 16.2 Å². The van der Waals surface area contributed by atoms with Gasteiger partial charge in [0.15, 0.2) is 0 Å². The van der Waals surface area contributed by atoms with Crippen LogP contribution in [0.3, 0.4) is 0 Å². The molecule has 3 aromatic rings. The molecule has 40 heavy (non-hydrogen) atoms. The fourth-order valence-corrected chi connectivity index (χ4v) is 5.49. The summed E-state index contributed by atoms with van der Waals surface area (Å²) in [6, 6.07) is 15.9. The van der Waals surface area contributed by atoms with Gasteiger partial charge < -0.3 is 26.0 Å². The molecular weight excluding hydrogens is 540 g/mol. The van der Waals surface area contributed by atoms with E-state index < -0.39 is 30.6 Å². The summed E-state index contributed by atoms with van der Waals surface area (Å²) >= 11 is 1.32. The second-order valence-corrected chi connectivity index (χ2v) is 10.3. The molecule has 1 fully saturated rings. The van der Waals surface area contributed by atoms with Gasteiger partial charge in [-0.2, -0.15) is 8.78 Å². The molecule has 1 aliphatic rings. The molecule has 4 rings (SSSR count). The second kappa shape index (κ2) is 13.3. The first-order chi connectivity index (χ1) is 19.2. The van der Waals surface area contributed by atoms with Gasteiger partial charge in [0.1, 0.15) is 11.9 Å². The van der Waals surface area contributed by atoms with E-state index in [9.17, 15) is 23.2 Å². The molecule has 2 heterocycles. The number of carbonyl (C=O) groups excluding carboxylic acids is 3. The first kappa shape index (κ1) is 28.8. The maximum absolute atomic E-state index is 13.5. The highest BCUT2D eigenvalue weighted by Gasteiger charge is 2.41. The number of amides is 3. The molecule has 1 saturated heterocycles. The van der Waals surface area contributed by atoms with E-state index in [0.717, 1.165) is 21.6 Å². The molecule has 0 spiro atoms. The van der Waals surface area contributed by atoms with Crippen molar-refractivity contribution in [3.05, 3.63) is 81.5 Å². The number of hydrogen-bond donors (Lipinski definition) is 4. The molecule has 0 aliphatic carbocycles. The van der Waals surface area contributed by atoms with Crippen molar-refractivity contribution in [2.75, 3.05) is 6.54 Å². The first-order valence-corrected chi connectivity index (χ1v) is 13.4. The zero-order chi connectivity index (χ0) is 28.6. The van der Waals surface area contributed by atoms with Crippen LogP contribution in [0.15, 0.2) is 60.0 Å². The average Bonchev–Trinajstić information content (AvgIpc) is 3.59. The van der Waals surface area contributed by atoms with Gasteiger partial charge in [0.25, 0.3) is 0 Å². The van der Waals surface area contributed by atoms with Gasteiger partial charge in [-0.05, 0) is 34.4 Å². The highest BCUT2D eigenvalue weighted by atomic mass is 32.1. The van der Waals surface area contributed by atoms with Crippen LogP contribution in [0.1, 0.15) is 28.0 Å². The van der Waals surface area contributed by atoms with E-state index in [0.29, 0.717) is 17.5 Å². The van der Waals surface area contributed by atoms with Crippen molar-refractivity contribution in [2.45, 2.75) is 44.7 Å². The Bertz CT molecular complexity index is 1370. The first-order valence-electron chi connectivity index (χ1n) is 12.5. The van der Waals surface area contributed by atoms with Gasteiger partial charge in [-0.25, -0.2) is 0 Å². The molecular formula is C28H29F2N5O4S. The van der Waals surface area contributed by atoms with Gasteiger partial charge in [0.05, 0.1) is 19.1 Å². The number of benzene rings is 2. The van der Waals surface area contributed by atoms with Crippen LogP contribution in [0.5, 0.6) is 0 Å². The molecule has 2 aromatic carbocycles. The number of amidine groups is 1. The van der Waals surface area contributed by atoms with E-state index in [1.807, 2.05) is 42.5 Å². The lowest BCUT2D eigenvalue weighted by molar-refractivity contribution is -0.160. The minimum atomic E-state index is -3.04. The van der Waals surface area contributed by atoms with Crippen LogP contribution in [-0.4, -0.2) is 54.3 Å². The third kappa shape index (κ3) is 7.27. The largest absolute Gasteiger partial charge is 0.384 e. The van der Waals surface area contributed by atoms with Crippen LogP contribution < -0.4 is 16.4 Å². The predicted octanol–water partition coefficient (Wildman–Crippen LogP) is 3.01. The maximum Gasteiger partial charge on any atom is 0.345 e. The van der Waals surface area contributed by atoms with Crippen molar-refractivity contribution in [1.82, 2.24) is 15.5 Å². The maximum atomic E-state index is 13.5. The molecule has 3 amide bonds. The van der Waals surface area contributed by atoms with Crippen LogP contribution in [0.4, 0.5) is 8.78 Å². The van der Waals surface area contributed by atoms with Crippen LogP contribution in [0.2, 0.25) is 0 Å². The fourth-order valence-electron chi connectivity index (χ4n) is 4.66. The number of nitrogens with zero attached hydrogens (tertiary/aromatic N) is 1. The molecule has 1 aromatic heterocycles. The number of likely N-dealkylation sites (tertiary alicyclic amines) is 1. The van der Waals surface area contributed by atoms with Crippen LogP contribution >= 0.6 is 11.3 Å². The summed E-state index contributed by atoms with van der Waals surface area (Å²) in [5, 5.41) is 14.6. The van der Waals surface area contributed by atoms with Crippen molar-refractivity contribution >= 4 is 35.4 Å². The van der Waals surface area contributed by atoms with Gasteiger partial charge in [-0.3, -0.25) is 19.8 Å². The van der Waals surface area contributed by atoms with Gasteiger partial charge >= 0.3 is 6.61 Å². The lowest BCUT2D eigenvalue weighted by atomic mass is 9.97. The molecule has 9 nitrogen and oxygen atoms in total. The van der Waals surface area contributed by atoms with Gasteiger partial charge in [-0.1, -0.05) is 42.5 Å². The standard InChI is InChI=1S/C28H29F2N5O4S/c29-28(30)39-22-11-24(27(38)34-13-23-9-21(15-40-23)26(31)32)35(14-22)25(37)10-19-7-6-18(8-20(19)12-33-16-36)17-4-2-1-3-5-17/h1-9,15-16,22,24,28H,10-14H2,(H3,31,32)(H,33,36)(H,34,38)/t22-,24?/m1/s1. The minimum Gasteiger partial charge on any atom is -0.384 e. The number of nitrogen functional groups attached to an aromatic ring is 1. The molecule has 0 radical (unpaired) electrons. The number of hydrogen-bond acceptors (Lipinski definition) is 6. The third-order valence-electron chi connectivity index (χ3n) is 6.61. The molecule has 1 unspecified atom stereocenters. The van der Waals surface area contributed by atoms with E-state index in [4.69, 9.17) is 11.1 Å². The van der Waals surface area contributed by atoms with Crippen LogP contribution in [0.25, 0.3) is 11.1 Å². The number of rotatable bonds is 12. The Labute approximate surface area is 233 Å². The fraction of sp³-hybridized carbons (Fsp3) is 0.286. The summed E-state index contributed by atoms with van der Waals surface area (Å²) in [5.74, 6) is -1.00. The molecule has 5 N–H and O–H groups in total. The summed E-state index contributed by atoms with van der Waals surface area (Å²) in [4.78, 5) is 39.6. The Kier molecular flexibility index (Phi) is 9.56. The van der Waals surface area contributed by atoms with Gasteiger partial charge in [0.2, 0.25) is 18.2 Å². The third-order valence-corrected chi connectivity index (χ3v) is 7.55. The summed E-state index contributed by atoms with van der Waals surface area (Å²) < 4.78 is 30.6. The zero-order valence-electron chi connectivity index (χ0n) is 21.4. The predicted molar refractivity (Wildman–Crippen MR) is 147 cm³/mol. The summed E-state index contributed by atoms with van der Waals surface area (Å²) in [6.45, 7) is -2.86. The number of thiophene rings is 1. The van der Waals surface area contributed by atoms with E-state index >= 15 is 0 Å². The van der Waals surface area contributed by atoms with E-state index in [1.54, 1.807) is 17.5 Å². The van der Waals surface area contributed by atoms with Crippen molar-refractivity contribution in [3.8, 4) is 11.1 Å². The molecule has 0 bridgehead atoms. The highest BCUT2D eigenvalue weighted by Crippen LogP contribution is 2.27. The summed E-state index contributed by atoms with van der Waals surface area (Å²) in [7, 11) is 0. The van der Waals surface area contributed by atoms with Crippen LogP contribution in [0, 0.1) is 5.41 Å². The van der Waals surface area contributed by atoms with Crippen molar-refractivity contribution < 1.29 is 27.9 Å². The van der Waals surface area contributed by atoms with Crippen molar-refractivity contribution in [3.63, 3.8) is 0 Å². The van der Waals surface area contributed by atoms with Crippen LogP contribution in [-0.2, 0) is 38.6 Å². The van der Waals surface area contributed by atoms with E-state index in [2.05, 4.69) is 15.4 Å². The lowest BCUT2D eigenvalue weighted by Crippen LogP contribution is -2.46. The Morgan fingerprint density at radius 1 is 1.12 bits per heavy atom. The molecule has 0 saturated carbocycles. The molecule has 1 aliphatic heterocycles. The number of alkyl halides is 2. The van der Waals surface area contributed by atoms with Gasteiger partial charge in [0, 0.05) is 35.3 Å². The SMILES string of the molecule is N=C(N)c1csc(CNC(=O)C2C[C@@H](OC(F)F)CN2C(=O)Cc2ccc(-c3ccccc3)cc2CNC=O)c1. The van der Waals surface area contributed by atoms with Crippen molar-refractivity contribution in [2.24, 2.45) is 5.73 Å². The molecule has 12 heteroatoms. The number of ether oxygens (including phenoxy) is 1. The number of halogens is 2. The Morgan fingerprint density at radius 3 is 2.58 bits per heavy atom. The topological polar surface area (TPSA) is 138 Å². The smallest absolute Gasteiger partial charge is 0.345 e. The number of nitrogens with one attached hydrogen (secondary N) is 3. The Morgan fingerprint density at radius 2 is 1.90 bits per heavy atom. The quantitative estimate of drug-likeness (QED) is 0.151.